The van der Waals surface area contributed by atoms with Gasteiger partial charge in [0.05, 0.1) is 5.92 Å². The fraction of sp³-hybridized carbons (Fsp3) is 0.357. The first-order chi connectivity index (χ1) is 8.34. The highest BCUT2D eigenvalue weighted by atomic mass is 35.5. The van der Waals surface area contributed by atoms with Crippen LogP contribution < -0.4 is 0 Å². The van der Waals surface area contributed by atoms with E-state index in [1.165, 1.54) is 0 Å². The zero-order valence-corrected chi connectivity index (χ0v) is 11.7. The number of allylic oxidation sites excluding steroid dienone is 1. The number of carbonyl (C=O) groups is 1. The van der Waals surface area contributed by atoms with Crippen molar-refractivity contribution >= 4 is 35.2 Å². The van der Waals surface area contributed by atoms with Gasteiger partial charge in [0, 0.05) is 10.0 Å². The Morgan fingerprint density at radius 1 is 1.39 bits per heavy atom. The summed E-state index contributed by atoms with van der Waals surface area (Å²) in [5, 5.41) is 10.2. The highest BCUT2D eigenvalue weighted by molar-refractivity contribution is 6.35. The molecule has 18 heavy (non-hydrogen) atoms. The Balaban J connectivity index is 2.16. The van der Waals surface area contributed by atoms with Gasteiger partial charge in [-0.3, -0.25) is 4.79 Å². The second kappa shape index (κ2) is 4.60. The van der Waals surface area contributed by atoms with Gasteiger partial charge in [-0.05, 0) is 29.0 Å². The van der Waals surface area contributed by atoms with E-state index in [-0.39, 0.29) is 17.3 Å². The predicted octanol–water partition coefficient (Wildman–Crippen LogP) is 4.36. The minimum atomic E-state index is -0.739. The maximum atomic E-state index is 11.0. The van der Waals surface area contributed by atoms with E-state index in [2.05, 4.69) is 0 Å². The molecule has 2 nitrogen and oxygen atoms in total. The van der Waals surface area contributed by atoms with Crippen LogP contribution in [0.4, 0.5) is 0 Å². The second-order valence-corrected chi connectivity index (χ2v) is 6.03. The van der Waals surface area contributed by atoms with Gasteiger partial charge in [-0.1, -0.05) is 55.3 Å². The number of aliphatic carboxylic acids is 1. The Labute approximate surface area is 116 Å². The summed E-state index contributed by atoms with van der Waals surface area (Å²) in [6, 6.07) is 5.27. The lowest BCUT2D eigenvalue weighted by Crippen LogP contribution is -2.02. The van der Waals surface area contributed by atoms with E-state index in [0.717, 1.165) is 5.56 Å². The Hall–Kier alpha value is -0.990. The van der Waals surface area contributed by atoms with Crippen LogP contribution in [0.2, 0.25) is 10.0 Å². The molecule has 1 aliphatic carbocycles. The number of halogens is 2. The summed E-state index contributed by atoms with van der Waals surface area (Å²) in [5.41, 5.74) is 0.675. The maximum absolute atomic E-state index is 11.0. The Morgan fingerprint density at radius 3 is 2.56 bits per heavy atom. The van der Waals surface area contributed by atoms with Crippen LogP contribution in [0.3, 0.4) is 0 Å². The largest absolute Gasteiger partial charge is 0.481 e. The average molecular weight is 285 g/mol. The summed E-state index contributed by atoms with van der Waals surface area (Å²) in [4.78, 5) is 11.0. The first-order valence-electron chi connectivity index (χ1n) is 5.70. The summed E-state index contributed by atoms with van der Waals surface area (Å²) in [7, 11) is 0. The summed E-state index contributed by atoms with van der Waals surface area (Å²) in [6.07, 6.45) is 3.79. The van der Waals surface area contributed by atoms with E-state index in [1.807, 2.05) is 32.1 Å². The third-order valence-corrected chi connectivity index (χ3v) is 4.18. The molecule has 0 aliphatic heterocycles. The van der Waals surface area contributed by atoms with E-state index in [1.54, 1.807) is 12.1 Å². The van der Waals surface area contributed by atoms with Crippen molar-refractivity contribution in [3.63, 3.8) is 0 Å². The minimum Gasteiger partial charge on any atom is -0.481 e. The standard InChI is InChI=1S/C14H14Cl2O2/c1-14(2)10(12(14)13(17)18)6-4-8-3-5-9(15)7-11(8)16/h3-7,10,12H,1-2H3,(H,17,18)/b6-4+. The molecule has 2 rings (SSSR count). The van der Waals surface area contributed by atoms with E-state index in [0.29, 0.717) is 10.0 Å². The summed E-state index contributed by atoms with van der Waals surface area (Å²) >= 11 is 11.9. The molecule has 96 valence electrons. The number of benzene rings is 1. The molecule has 0 radical (unpaired) electrons. The molecular formula is C14H14Cl2O2. The molecule has 0 heterocycles. The van der Waals surface area contributed by atoms with Crippen molar-refractivity contribution < 1.29 is 9.90 Å². The van der Waals surface area contributed by atoms with Gasteiger partial charge in [-0.2, -0.15) is 0 Å². The van der Waals surface area contributed by atoms with Crippen LogP contribution in [-0.2, 0) is 4.79 Å². The molecule has 2 atom stereocenters. The zero-order valence-electron chi connectivity index (χ0n) is 10.2. The third-order valence-electron chi connectivity index (χ3n) is 3.62. The third kappa shape index (κ3) is 2.40. The number of hydrogen-bond acceptors (Lipinski definition) is 1. The molecule has 4 heteroatoms. The SMILES string of the molecule is CC1(C)C(/C=C/c2ccc(Cl)cc2Cl)C1C(=O)O. The number of carboxylic acids is 1. The van der Waals surface area contributed by atoms with Crippen LogP contribution >= 0.6 is 23.2 Å². The molecule has 0 aromatic heterocycles. The molecular weight excluding hydrogens is 271 g/mol. The Kier molecular flexibility index (Phi) is 3.43. The van der Waals surface area contributed by atoms with Gasteiger partial charge in [0.2, 0.25) is 0 Å². The molecule has 1 aliphatic rings. The minimum absolute atomic E-state index is 0.0572. The van der Waals surface area contributed by atoms with E-state index < -0.39 is 5.97 Å². The van der Waals surface area contributed by atoms with Crippen molar-refractivity contribution in [1.29, 1.82) is 0 Å². The molecule has 1 aromatic rings. The fourth-order valence-electron chi connectivity index (χ4n) is 2.35. The fourth-order valence-corrected chi connectivity index (χ4v) is 2.82. The van der Waals surface area contributed by atoms with Crippen molar-refractivity contribution in [1.82, 2.24) is 0 Å². The monoisotopic (exact) mass is 284 g/mol. The van der Waals surface area contributed by atoms with E-state index in [4.69, 9.17) is 28.3 Å². The number of hydrogen-bond donors (Lipinski definition) is 1. The maximum Gasteiger partial charge on any atom is 0.307 e. The van der Waals surface area contributed by atoms with Crippen LogP contribution in [0.1, 0.15) is 19.4 Å². The summed E-state index contributed by atoms with van der Waals surface area (Å²) in [6.45, 7) is 3.93. The van der Waals surface area contributed by atoms with Gasteiger partial charge < -0.3 is 5.11 Å². The number of rotatable bonds is 3. The molecule has 1 N–H and O–H groups in total. The lowest BCUT2D eigenvalue weighted by atomic mass is 10.1. The molecule has 2 unspecified atom stereocenters. The van der Waals surface area contributed by atoms with Crippen LogP contribution in [0, 0.1) is 17.3 Å². The first-order valence-corrected chi connectivity index (χ1v) is 6.45. The molecule has 0 amide bonds. The van der Waals surface area contributed by atoms with Gasteiger partial charge >= 0.3 is 5.97 Å². The van der Waals surface area contributed by atoms with Crippen LogP contribution in [0.25, 0.3) is 6.08 Å². The predicted molar refractivity (Wildman–Crippen MR) is 73.9 cm³/mol. The molecule has 0 spiro atoms. The Morgan fingerprint density at radius 2 is 2.06 bits per heavy atom. The normalized spacial score (nSPS) is 25.3. The van der Waals surface area contributed by atoms with Crippen molar-refractivity contribution in [2.45, 2.75) is 13.8 Å². The lowest BCUT2D eigenvalue weighted by Gasteiger charge is -1.99. The molecule has 1 aromatic carbocycles. The van der Waals surface area contributed by atoms with E-state index >= 15 is 0 Å². The quantitative estimate of drug-likeness (QED) is 0.895. The van der Waals surface area contributed by atoms with Gasteiger partial charge in [0.25, 0.3) is 0 Å². The second-order valence-electron chi connectivity index (χ2n) is 5.19. The zero-order chi connectivity index (χ0) is 13.5. The molecule has 1 fully saturated rings. The molecule has 0 saturated heterocycles. The smallest absolute Gasteiger partial charge is 0.307 e. The van der Waals surface area contributed by atoms with Gasteiger partial charge in [-0.15, -0.1) is 0 Å². The molecule has 1 saturated carbocycles. The van der Waals surface area contributed by atoms with Crippen LogP contribution in [0.15, 0.2) is 24.3 Å². The topological polar surface area (TPSA) is 37.3 Å². The Bertz CT molecular complexity index is 521. The van der Waals surface area contributed by atoms with Gasteiger partial charge in [-0.25, -0.2) is 0 Å². The highest BCUT2D eigenvalue weighted by Crippen LogP contribution is 2.59. The number of carboxylic acid groups (broad SMARTS) is 1. The summed E-state index contributed by atoms with van der Waals surface area (Å²) < 4.78 is 0. The lowest BCUT2D eigenvalue weighted by molar-refractivity contribution is -0.139. The highest BCUT2D eigenvalue weighted by Gasteiger charge is 2.60. The van der Waals surface area contributed by atoms with Gasteiger partial charge in [0.15, 0.2) is 0 Å². The van der Waals surface area contributed by atoms with E-state index in [9.17, 15) is 4.79 Å². The van der Waals surface area contributed by atoms with Crippen molar-refractivity contribution in [3.05, 3.63) is 39.9 Å². The first kappa shape index (κ1) is 13.4. The van der Waals surface area contributed by atoms with Crippen LogP contribution in [0.5, 0.6) is 0 Å². The van der Waals surface area contributed by atoms with Gasteiger partial charge in [0.1, 0.15) is 0 Å². The van der Waals surface area contributed by atoms with Crippen molar-refractivity contribution in [2.75, 3.05) is 0 Å². The average Bonchev–Trinajstić information content (AvgIpc) is 2.79. The van der Waals surface area contributed by atoms with Crippen molar-refractivity contribution in [2.24, 2.45) is 17.3 Å². The summed E-state index contributed by atoms with van der Waals surface area (Å²) in [5.74, 6) is -0.988. The molecule has 0 bridgehead atoms. The van der Waals surface area contributed by atoms with Crippen LogP contribution in [-0.4, -0.2) is 11.1 Å². The van der Waals surface area contributed by atoms with Crippen molar-refractivity contribution in [3.8, 4) is 0 Å².